The molecule has 0 fully saturated rings. The molecule has 37 heavy (non-hydrogen) atoms. The van der Waals surface area contributed by atoms with E-state index in [4.69, 9.17) is 10.2 Å². The normalized spacial score (nSPS) is 11.9. The summed E-state index contributed by atoms with van der Waals surface area (Å²) in [6.45, 7) is 0.993. The van der Waals surface area contributed by atoms with Gasteiger partial charge in [0.2, 0.25) is 0 Å². The average molecular weight is 511 g/mol. The summed E-state index contributed by atoms with van der Waals surface area (Å²) in [4.78, 5) is 26.0. The molecule has 6 nitrogen and oxygen atoms in total. The van der Waals surface area contributed by atoms with Crippen molar-refractivity contribution >= 4 is 56.9 Å². The minimum Gasteiger partial charge on any atom is -0.481 e. The summed E-state index contributed by atoms with van der Waals surface area (Å²) >= 11 is 1.73. The number of aryl methyl sites for hydroxylation is 1. The maximum Gasteiger partial charge on any atom is 0.305 e. The second-order valence-corrected chi connectivity index (χ2v) is 9.75. The number of aromatic nitrogens is 1. The lowest BCUT2D eigenvalue weighted by atomic mass is 10.2. The third-order valence-corrected chi connectivity index (χ3v) is 7.44. The molecule has 2 heterocycles. The van der Waals surface area contributed by atoms with Crippen molar-refractivity contribution < 1.29 is 19.8 Å². The third kappa shape index (κ3) is 5.17. The number of hydrogen-bond donors (Lipinski definition) is 2. The third-order valence-electron chi connectivity index (χ3n) is 6.31. The van der Waals surface area contributed by atoms with Crippen molar-refractivity contribution in [2.24, 2.45) is 0 Å². The summed E-state index contributed by atoms with van der Waals surface area (Å²) in [6.07, 6.45) is 0.274. The number of hydrogen-bond acceptors (Lipinski definition) is 4. The highest BCUT2D eigenvalue weighted by atomic mass is 32.2. The number of nitrogens with zero attached hydrogens (tertiary/aromatic N) is 2. The van der Waals surface area contributed by atoms with E-state index < -0.39 is 11.9 Å². The van der Waals surface area contributed by atoms with Crippen LogP contribution in [0.15, 0.2) is 107 Å². The molecule has 0 spiro atoms. The van der Waals surface area contributed by atoms with Gasteiger partial charge in [-0.1, -0.05) is 72.4 Å². The first-order valence-corrected chi connectivity index (χ1v) is 12.9. The van der Waals surface area contributed by atoms with Crippen LogP contribution in [0.25, 0.3) is 21.8 Å². The smallest absolute Gasteiger partial charge is 0.305 e. The van der Waals surface area contributed by atoms with Crippen LogP contribution in [0.5, 0.6) is 0 Å². The van der Waals surface area contributed by atoms with Gasteiger partial charge in [-0.05, 0) is 36.4 Å². The minimum atomic E-state index is -0.770. The van der Waals surface area contributed by atoms with Crippen LogP contribution in [0.2, 0.25) is 0 Å². The summed E-state index contributed by atoms with van der Waals surface area (Å²) < 4.78 is 2.08. The Morgan fingerprint density at radius 1 is 0.595 bits per heavy atom. The number of fused-ring (bicyclic) bond motifs is 5. The van der Waals surface area contributed by atoms with E-state index in [0.717, 1.165) is 22.4 Å². The molecule has 4 aromatic carbocycles. The first-order chi connectivity index (χ1) is 18.0. The molecule has 1 aromatic heterocycles. The average Bonchev–Trinajstić information content (AvgIpc) is 3.24. The molecule has 0 bridgehead atoms. The molecule has 0 atom stereocenters. The number of aliphatic carboxylic acids is 2. The molecule has 5 aromatic rings. The van der Waals surface area contributed by atoms with Gasteiger partial charge in [-0.3, -0.25) is 9.59 Å². The number of rotatable bonds is 6. The quantitative estimate of drug-likeness (QED) is 0.255. The van der Waals surface area contributed by atoms with Gasteiger partial charge < -0.3 is 19.7 Å². The fourth-order valence-electron chi connectivity index (χ4n) is 4.68. The van der Waals surface area contributed by atoms with E-state index in [1.807, 2.05) is 72.8 Å². The lowest BCUT2D eigenvalue weighted by Crippen LogP contribution is -2.23. The Morgan fingerprint density at radius 2 is 1.03 bits per heavy atom. The zero-order chi connectivity index (χ0) is 25.8. The van der Waals surface area contributed by atoms with Gasteiger partial charge in [0.15, 0.2) is 0 Å². The number of anilines is 2. The van der Waals surface area contributed by atoms with Gasteiger partial charge in [-0.25, -0.2) is 0 Å². The van der Waals surface area contributed by atoms with Crippen LogP contribution in [0.3, 0.4) is 0 Å². The Balaban J connectivity index is 0.000000152. The van der Waals surface area contributed by atoms with E-state index in [-0.39, 0.29) is 12.8 Å². The molecule has 0 radical (unpaired) electrons. The van der Waals surface area contributed by atoms with Crippen LogP contribution in [0, 0.1) is 0 Å². The highest BCUT2D eigenvalue weighted by Gasteiger charge is 2.22. The van der Waals surface area contributed by atoms with Gasteiger partial charge in [0.1, 0.15) is 0 Å². The Hall–Kier alpha value is -4.23. The van der Waals surface area contributed by atoms with Crippen LogP contribution in [-0.4, -0.2) is 33.3 Å². The van der Waals surface area contributed by atoms with E-state index in [1.165, 1.54) is 20.6 Å². The van der Waals surface area contributed by atoms with Crippen molar-refractivity contribution in [3.8, 4) is 0 Å². The number of carboxylic acids is 2. The molecule has 186 valence electrons. The van der Waals surface area contributed by atoms with Crippen LogP contribution in [0.4, 0.5) is 11.4 Å². The predicted molar refractivity (Wildman–Crippen MR) is 148 cm³/mol. The highest BCUT2D eigenvalue weighted by molar-refractivity contribution is 7.99. The van der Waals surface area contributed by atoms with E-state index in [1.54, 1.807) is 11.8 Å². The van der Waals surface area contributed by atoms with Crippen LogP contribution < -0.4 is 4.90 Å². The summed E-state index contributed by atoms with van der Waals surface area (Å²) in [7, 11) is 0. The fraction of sp³-hybridized carbons (Fsp3) is 0.133. The topological polar surface area (TPSA) is 82.8 Å². The molecular formula is C30H26N2O4S. The molecule has 1 aliphatic rings. The predicted octanol–water partition coefficient (Wildman–Crippen LogP) is 7.03. The van der Waals surface area contributed by atoms with Crippen molar-refractivity contribution in [3.63, 3.8) is 0 Å². The zero-order valence-corrected chi connectivity index (χ0v) is 20.9. The molecule has 0 unspecified atom stereocenters. The summed E-state index contributed by atoms with van der Waals surface area (Å²) in [6, 6.07) is 32.4. The monoisotopic (exact) mass is 510 g/mol. The fourth-order valence-corrected chi connectivity index (χ4v) is 5.78. The molecule has 6 rings (SSSR count). The lowest BCUT2D eigenvalue weighted by molar-refractivity contribution is -0.138. The van der Waals surface area contributed by atoms with E-state index in [9.17, 15) is 9.59 Å². The standard InChI is InChI=1S/C15H13NO2S.C15H13NO2/c17-15(18)9-10-16-11-5-1-3-7-13(11)19-14-8-4-2-6-12(14)16;17-15(18)9-10-16-13-7-3-1-5-11(13)12-6-2-4-8-14(12)16/h1-8H,9-10H2,(H,17,18);1-8H,9-10H2,(H,17,18). The van der Waals surface area contributed by atoms with Crippen molar-refractivity contribution in [2.45, 2.75) is 29.2 Å². The largest absolute Gasteiger partial charge is 0.481 e. The van der Waals surface area contributed by atoms with E-state index in [0.29, 0.717) is 13.1 Å². The molecule has 0 saturated heterocycles. The first kappa shape index (κ1) is 24.5. The van der Waals surface area contributed by atoms with Crippen LogP contribution >= 0.6 is 11.8 Å². The second-order valence-electron chi connectivity index (χ2n) is 8.66. The molecule has 0 saturated carbocycles. The van der Waals surface area contributed by atoms with E-state index >= 15 is 0 Å². The van der Waals surface area contributed by atoms with Gasteiger partial charge in [0, 0.05) is 44.7 Å². The maximum absolute atomic E-state index is 10.8. The first-order valence-electron chi connectivity index (χ1n) is 12.1. The zero-order valence-electron chi connectivity index (χ0n) is 20.1. The summed E-state index contributed by atoms with van der Waals surface area (Å²) in [5, 5.41) is 20.1. The summed E-state index contributed by atoms with van der Waals surface area (Å²) in [5.74, 6) is -1.54. The highest BCUT2D eigenvalue weighted by Crippen LogP contribution is 2.47. The Morgan fingerprint density at radius 3 is 1.54 bits per heavy atom. The molecule has 0 aliphatic carbocycles. The maximum atomic E-state index is 10.8. The molecule has 1 aliphatic heterocycles. The molecule has 2 N–H and O–H groups in total. The van der Waals surface area contributed by atoms with Gasteiger partial charge in [0.25, 0.3) is 0 Å². The van der Waals surface area contributed by atoms with Crippen molar-refractivity contribution in [2.75, 3.05) is 11.4 Å². The molecule has 7 heteroatoms. The number of carbonyl (C=O) groups is 2. The summed E-state index contributed by atoms with van der Waals surface area (Å²) in [5.41, 5.74) is 4.37. The van der Waals surface area contributed by atoms with Crippen molar-refractivity contribution in [1.82, 2.24) is 4.57 Å². The van der Waals surface area contributed by atoms with Gasteiger partial charge in [0.05, 0.1) is 24.2 Å². The number of para-hydroxylation sites is 4. The Labute approximate surface area is 218 Å². The number of benzene rings is 4. The molecular weight excluding hydrogens is 484 g/mol. The van der Waals surface area contributed by atoms with E-state index in [2.05, 4.69) is 33.7 Å². The van der Waals surface area contributed by atoms with Gasteiger partial charge in [-0.2, -0.15) is 0 Å². The van der Waals surface area contributed by atoms with Crippen LogP contribution in [0.1, 0.15) is 12.8 Å². The molecule has 0 amide bonds. The SMILES string of the molecule is O=C(O)CCN1c2ccccc2Sc2ccccc21.O=C(O)CCn1c2ccccc2c2ccccc21. The van der Waals surface area contributed by atoms with Gasteiger partial charge in [-0.15, -0.1) is 0 Å². The Kier molecular flexibility index (Phi) is 7.14. The minimum absolute atomic E-state index is 0.132. The van der Waals surface area contributed by atoms with Crippen LogP contribution in [-0.2, 0) is 16.1 Å². The Bertz CT molecular complexity index is 1490. The lowest BCUT2D eigenvalue weighted by Gasteiger charge is -2.32. The van der Waals surface area contributed by atoms with Gasteiger partial charge >= 0.3 is 11.9 Å². The number of carboxylic acid groups (broad SMARTS) is 2. The van der Waals surface area contributed by atoms with Crippen molar-refractivity contribution in [3.05, 3.63) is 97.1 Å². The second kappa shape index (κ2) is 10.8. The van der Waals surface area contributed by atoms with Crippen molar-refractivity contribution in [1.29, 1.82) is 0 Å².